The number of morpholine rings is 1. The Balaban J connectivity index is 1.42. The Morgan fingerprint density at radius 3 is 2.62 bits per heavy atom. The maximum Gasteiger partial charge on any atom is 0.137 e. The van der Waals surface area contributed by atoms with Gasteiger partial charge < -0.3 is 14.7 Å². The monoisotopic (exact) mass is 337 g/mol. The number of β-amino-alcohol motifs (C(OH)–C–C–N with tert-alkyl or cyclic N) is 1. The molecule has 2 aliphatic rings. The summed E-state index contributed by atoms with van der Waals surface area (Å²) >= 11 is 0. The van der Waals surface area contributed by atoms with E-state index in [0.29, 0.717) is 5.92 Å². The topological polar surface area (TPSA) is 66.7 Å². The highest BCUT2D eigenvalue weighted by molar-refractivity contribution is 4.79. The van der Waals surface area contributed by atoms with Crippen LogP contribution in [0.1, 0.15) is 26.7 Å². The van der Waals surface area contributed by atoms with E-state index in [2.05, 4.69) is 33.7 Å². The molecule has 0 spiro atoms. The van der Waals surface area contributed by atoms with Crippen LogP contribution in [0.15, 0.2) is 12.7 Å². The lowest BCUT2D eigenvalue weighted by molar-refractivity contribution is -0.0785. The molecule has 0 saturated carbocycles. The predicted molar refractivity (Wildman–Crippen MR) is 91.6 cm³/mol. The van der Waals surface area contributed by atoms with E-state index in [-0.39, 0.29) is 18.3 Å². The molecule has 4 atom stereocenters. The van der Waals surface area contributed by atoms with Crippen LogP contribution in [0, 0.1) is 5.92 Å². The lowest BCUT2D eigenvalue weighted by atomic mass is 9.98. The minimum absolute atomic E-state index is 0.253. The number of nitrogens with zero attached hydrogens (tertiary/aromatic N) is 5. The molecule has 0 aromatic carbocycles. The number of hydrogen-bond donors (Lipinski definition) is 1. The molecule has 0 amide bonds. The summed E-state index contributed by atoms with van der Waals surface area (Å²) < 4.78 is 7.68. The van der Waals surface area contributed by atoms with Crippen LogP contribution < -0.4 is 0 Å². The van der Waals surface area contributed by atoms with Gasteiger partial charge in [0.2, 0.25) is 0 Å². The molecule has 0 unspecified atom stereocenters. The summed E-state index contributed by atoms with van der Waals surface area (Å²) in [6.45, 7) is 10.6. The van der Waals surface area contributed by atoms with Crippen LogP contribution in [0.25, 0.3) is 0 Å². The molecular weight excluding hydrogens is 306 g/mol. The molecule has 3 heterocycles. The second-order valence-electron chi connectivity index (χ2n) is 7.52. The quantitative estimate of drug-likeness (QED) is 0.813. The highest BCUT2D eigenvalue weighted by atomic mass is 16.5. The summed E-state index contributed by atoms with van der Waals surface area (Å²) in [4.78, 5) is 8.75. The predicted octanol–water partition coefficient (Wildman–Crippen LogP) is 0.460. The molecule has 2 aliphatic heterocycles. The summed E-state index contributed by atoms with van der Waals surface area (Å²) in [6, 6.07) is 0. The number of aliphatic hydroxyl groups is 1. The average molecular weight is 337 g/mol. The van der Waals surface area contributed by atoms with E-state index in [4.69, 9.17) is 4.74 Å². The van der Waals surface area contributed by atoms with E-state index in [1.165, 1.54) is 12.8 Å². The van der Waals surface area contributed by atoms with Crippen LogP contribution in [0.5, 0.6) is 0 Å². The van der Waals surface area contributed by atoms with Gasteiger partial charge in [0.15, 0.2) is 0 Å². The van der Waals surface area contributed by atoms with Crippen molar-refractivity contribution in [3.05, 3.63) is 12.7 Å². The van der Waals surface area contributed by atoms with Gasteiger partial charge in [0.1, 0.15) is 12.7 Å². The Hall–Kier alpha value is -1.02. The Labute approximate surface area is 144 Å². The van der Waals surface area contributed by atoms with Gasteiger partial charge in [-0.25, -0.2) is 4.98 Å². The van der Waals surface area contributed by atoms with Crippen molar-refractivity contribution in [2.75, 3.05) is 39.3 Å². The molecule has 7 nitrogen and oxygen atoms in total. The van der Waals surface area contributed by atoms with Crippen molar-refractivity contribution in [2.45, 2.75) is 51.5 Å². The lowest BCUT2D eigenvalue weighted by Gasteiger charge is -2.38. The third-order valence-electron chi connectivity index (χ3n) is 4.95. The first-order valence-corrected chi connectivity index (χ1v) is 9.19. The van der Waals surface area contributed by atoms with E-state index in [9.17, 15) is 5.11 Å². The van der Waals surface area contributed by atoms with Crippen LogP contribution in [-0.4, -0.2) is 87.3 Å². The molecule has 0 radical (unpaired) electrons. The van der Waals surface area contributed by atoms with Crippen molar-refractivity contribution in [1.82, 2.24) is 24.6 Å². The smallest absolute Gasteiger partial charge is 0.137 e. The normalized spacial score (nSPS) is 31.2. The van der Waals surface area contributed by atoms with E-state index >= 15 is 0 Å². The lowest BCUT2D eigenvalue weighted by Crippen LogP contribution is -2.50. The van der Waals surface area contributed by atoms with Gasteiger partial charge in [0, 0.05) is 39.3 Å². The molecule has 1 N–H and O–H groups in total. The standard InChI is InChI=1S/C17H31N5O2/c1-14-6-21(7-15(2)24-14)11-17(23)10-20-5-3-4-16(8-20)9-22-13-18-12-19-22/h12-17,23H,3-11H2,1-2H3/t14-,15-,16-,17-/m1/s1. The van der Waals surface area contributed by atoms with Gasteiger partial charge in [-0.2, -0.15) is 5.10 Å². The van der Waals surface area contributed by atoms with Crippen molar-refractivity contribution in [3.63, 3.8) is 0 Å². The zero-order chi connectivity index (χ0) is 16.9. The van der Waals surface area contributed by atoms with Crippen molar-refractivity contribution in [3.8, 4) is 0 Å². The molecule has 1 aromatic rings. The first kappa shape index (κ1) is 17.8. The van der Waals surface area contributed by atoms with E-state index in [1.807, 2.05) is 4.68 Å². The summed E-state index contributed by atoms with van der Waals surface area (Å²) in [6.07, 6.45) is 6.00. The van der Waals surface area contributed by atoms with Gasteiger partial charge >= 0.3 is 0 Å². The third kappa shape index (κ3) is 5.24. The molecule has 1 aromatic heterocycles. The van der Waals surface area contributed by atoms with Crippen LogP contribution in [0.4, 0.5) is 0 Å². The van der Waals surface area contributed by atoms with Crippen LogP contribution in [0.3, 0.4) is 0 Å². The molecule has 2 fully saturated rings. The number of rotatable bonds is 6. The zero-order valence-electron chi connectivity index (χ0n) is 14.9. The maximum absolute atomic E-state index is 10.5. The van der Waals surface area contributed by atoms with Gasteiger partial charge in [0.05, 0.1) is 18.3 Å². The summed E-state index contributed by atoms with van der Waals surface area (Å²) in [5.41, 5.74) is 0. The zero-order valence-corrected chi connectivity index (χ0v) is 14.9. The van der Waals surface area contributed by atoms with Crippen molar-refractivity contribution in [2.24, 2.45) is 5.92 Å². The van der Waals surface area contributed by atoms with E-state index in [0.717, 1.165) is 45.8 Å². The van der Waals surface area contributed by atoms with E-state index < -0.39 is 0 Å². The number of aromatic nitrogens is 3. The molecule has 136 valence electrons. The van der Waals surface area contributed by atoms with Gasteiger partial charge in [-0.3, -0.25) is 9.58 Å². The number of hydrogen-bond acceptors (Lipinski definition) is 6. The van der Waals surface area contributed by atoms with Gasteiger partial charge in [0.25, 0.3) is 0 Å². The second kappa shape index (κ2) is 8.38. The molecule has 0 aliphatic carbocycles. The summed E-state index contributed by atoms with van der Waals surface area (Å²) in [5.74, 6) is 0.594. The number of aliphatic hydroxyl groups excluding tert-OH is 1. The highest BCUT2D eigenvalue weighted by Crippen LogP contribution is 2.18. The number of likely N-dealkylation sites (tertiary alicyclic amines) is 1. The molecule has 2 saturated heterocycles. The Kier molecular flexibility index (Phi) is 6.21. The van der Waals surface area contributed by atoms with Gasteiger partial charge in [-0.1, -0.05) is 0 Å². The number of ether oxygens (including phenoxy) is 1. The highest BCUT2D eigenvalue weighted by Gasteiger charge is 2.26. The fourth-order valence-corrected chi connectivity index (χ4v) is 4.14. The van der Waals surface area contributed by atoms with E-state index in [1.54, 1.807) is 12.7 Å². The molecular formula is C17H31N5O2. The summed E-state index contributed by atoms with van der Waals surface area (Å²) in [7, 11) is 0. The van der Waals surface area contributed by atoms with Crippen LogP contribution in [0.2, 0.25) is 0 Å². The third-order valence-corrected chi connectivity index (χ3v) is 4.95. The van der Waals surface area contributed by atoms with Crippen molar-refractivity contribution >= 4 is 0 Å². The Morgan fingerprint density at radius 2 is 1.92 bits per heavy atom. The Bertz CT molecular complexity index is 473. The summed E-state index contributed by atoms with van der Waals surface area (Å²) in [5, 5.41) is 14.7. The SMILES string of the molecule is C[C@@H]1CN(C[C@H](O)CN2CCC[C@@H](Cn3cncn3)C2)C[C@@H](C)O1. The fourth-order valence-electron chi connectivity index (χ4n) is 4.14. The average Bonchev–Trinajstić information content (AvgIpc) is 2.99. The first-order chi connectivity index (χ1) is 11.6. The minimum Gasteiger partial charge on any atom is -0.390 e. The largest absolute Gasteiger partial charge is 0.390 e. The number of piperidine rings is 1. The first-order valence-electron chi connectivity index (χ1n) is 9.19. The molecule has 24 heavy (non-hydrogen) atoms. The van der Waals surface area contributed by atoms with Crippen LogP contribution in [-0.2, 0) is 11.3 Å². The molecule has 7 heteroatoms. The minimum atomic E-state index is -0.298. The fraction of sp³-hybridized carbons (Fsp3) is 0.882. The van der Waals surface area contributed by atoms with Crippen molar-refractivity contribution < 1.29 is 9.84 Å². The van der Waals surface area contributed by atoms with Crippen LogP contribution >= 0.6 is 0 Å². The second-order valence-corrected chi connectivity index (χ2v) is 7.52. The van der Waals surface area contributed by atoms with Gasteiger partial charge in [-0.05, 0) is 39.2 Å². The van der Waals surface area contributed by atoms with Gasteiger partial charge in [-0.15, -0.1) is 0 Å². The van der Waals surface area contributed by atoms with Crippen molar-refractivity contribution in [1.29, 1.82) is 0 Å². The Morgan fingerprint density at radius 1 is 1.17 bits per heavy atom. The molecule has 0 bridgehead atoms. The maximum atomic E-state index is 10.5. The molecule has 3 rings (SSSR count).